The molecule has 0 aliphatic rings. The van der Waals surface area contributed by atoms with Gasteiger partial charge in [-0.15, -0.1) is 5.10 Å². The standard InChI is InChI=1S/C18H17N5O4S/c1-11(16(24)19-13-5-3-12(4-6-13)17(25)26)28-18-20-21-22-23(18)14-7-9-15(27-2)10-8-14/h3-11H,1-2H3,(H,19,24)(H,25,26)/t11-/m1/s1. The zero-order valence-corrected chi connectivity index (χ0v) is 15.9. The van der Waals surface area contributed by atoms with E-state index in [2.05, 4.69) is 20.8 Å². The number of amides is 1. The molecule has 10 heteroatoms. The number of tetrazole rings is 1. The number of nitrogens with zero attached hydrogens (tertiary/aromatic N) is 4. The van der Waals surface area contributed by atoms with Gasteiger partial charge in [0.2, 0.25) is 11.1 Å². The van der Waals surface area contributed by atoms with Gasteiger partial charge in [-0.25, -0.2) is 4.79 Å². The van der Waals surface area contributed by atoms with Gasteiger partial charge in [0.05, 0.1) is 23.6 Å². The van der Waals surface area contributed by atoms with E-state index in [-0.39, 0.29) is 11.5 Å². The summed E-state index contributed by atoms with van der Waals surface area (Å²) in [6.45, 7) is 1.73. The minimum Gasteiger partial charge on any atom is -0.497 e. The van der Waals surface area contributed by atoms with Gasteiger partial charge in [-0.2, -0.15) is 4.68 Å². The maximum atomic E-state index is 12.4. The topological polar surface area (TPSA) is 119 Å². The first kappa shape index (κ1) is 19.4. The lowest BCUT2D eigenvalue weighted by atomic mass is 10.2. The zero-order valence-electron chi connectivity index (χ0n) is 15.1. The molecule has 1 amide bonds. The molecule has 0 spiro atoms. The van der Waals surface area contributed by atoms with Crippen LogP contribution in [0, 0.1) is 0 Å². The van der Waals surface area contributed by atoms with Crippen molar-refractivity contribution in [3.63, 3.8) is 0 Å². The first-order valence-electron chi connectivity index (χ1n) is 8.21. The predicted molar refractivity (Wildman–Crippen MR) is 103 cm³/mol. The van der Waals surface area contributed by atoms with Gasteiger partial charge in [-0.05, 0) is 65.9 Å². The summed E-state index contributed by atoms with van der Waals surface area (Å²) in [5.41, 5.74) is 1.40. The molecule has 0 fully saturated rings. The fourth-order valence-electron chi connectivity index (χ4n) is 2.29. The smallest absolute Gasteiger partial charge is 0.335 e. The van der Waals surface area contributed by atoms with Gasteiger partial charge in [0, 0.05) is 5.69 Å². The first-order chi connectivity index (χ1) is 13.5. The van der Waals surface area contributed by atoms with Crippen LogP contribution in [0.4, 0.5) is 5.69 Å². The second-order valence-electron chi connectivity index (χ2n) is 5.70. The van der Waals surface area contributed by atoms with Crippen molar-refractivity contribution in [1.82, 2.24) is 20.2 Å². The van der Waals surface area contributed by atoms with Crippen LogP contribution < -0.4 is 10.1 Å². The summed E-state index contributed by atoms with van der Waals surface area (Å²) in [5, 5.41) is 23.3. The Labute approximate surface area is 164 Å². The Morgan fingerprint density at radius 3 is 2.43 bits per heavy atom. The molecule has 0 bridgehead atoms. The number of nitrogens with one attached hydrogen (secondary N) is 1. The van der Waals surface area contributed by atoms with E-state index in [0.717, 1.165) is 5.69 Å². The minimum absolute atomic E-state index is 0.152. The third kappa shape index (κ3) is 4.46. The lowest BCUT2D eigenvalue weighted by molar-refractivity contribution is -0.115. The Morgan fingerprint density at radius 1 is 1.14 bits per heavy atom. The lowest BCUT2D eigenvalue weighted by Crippen LogP contribution is -2.23. The summed E-state index contributed by atoms with van der Waals surface area (Å²) in [7, 11) is 1.59. The summed E-state index contributed by atoms with van der Waals surface area (Å²) >= 11 is 1.21. The number of aromatic nitrogens is 4. The van der Waals surface area contributed by atoms with Crippen LogP contribution in [-0.2, 0) is 4.79 Å². The monoisotopic (exact) mass is 399 g/mol. The minimum atomic E-state index is -1.02. The molecular weight excluding hydrogens is 382 g/mol. The molecule has 0 radical (unpaired) electrons. The molecule has 0 saturated carbocycles. The Hall–Kier alpha value is -3.40. The van der Waals surface area contributed by atoms with Crippen molar-refractivity contribution in [2.24, 2.45) is 0 Å². The van der Waals surface area contributed by atoms with E-state index < -0.39 is 11.2 Å². The van der Waals surface area contributed by atoms with Crippen LogP contribution in [0.2, 0.25) is 0 Å². The molecular formula is C18H17N5O4S. The second kappa shape index (κ2) is 8.53. The van der Waals surface area contributed by atoms with Crippen molar-refractivity contribution >= 4 is 29.3 Å². The van der Waals surface area contributed by atoms with Gasteiger partial charge in [0.15, 0.2) is 0 Å². The summed E-state index contributed by atoms with van der Waals surface area (Å²) in [5.74, 6) is -0.558. The van der Waals surface area contributed by atoms with Gasteiger partial charge in [-0.1, -0.05) is 11.8 Å². The van der Waals surface area contributed by atoms with E-state index in [9.17, 15) is 9.59 Å². The largest absolute Gasteiger partial charge is 0.497 e. The van der Waals surface area contributed by atoms with Crippen molar-refractivity contribution in [1.29, 1.82) is 0 Å². The molecule has 2 N–H and O–H groups in total. The quantitative estimate of drug-likeness (QED) is 0.582. The van der Waals surface area contributed by atoms with Gasteiger partial charge in [-0.3, -0.25) is 4.79 Å². The molecule has 1 aromatic heterocycles. The Bertz CT molecular complexity index is 972. The van der Waals surface area contributed by atoms with E-state index in [4.69, 9.17) is 9.84 Å². The molecule has 144 valence electrons. The number of hydrogen-bond donors (Lipinski definition) is 2. The van der Waals surface area contributed by atoms with E-state index in [1.165, 1.54) is 28.6 Å². The normalized spacial score (nSPS) is 11.6. The van der Waals surface area contributed by atoms with Crippen molar-refractivity contribution in [3.8, 4) is 11.4 Å². The van der Waals surface area contributed by atoms with Crippen LogP contribution in [0.25, 0.3) is 5.69 Å². The number of thioether (sulfide) groups is 1. The number of anilines is 1. The second-order valence-corrected chi connectivity index (χ2v) is 7.01. The highest BCUT2D eigenvalue weighted by Gasteiger charge is 2.19. The Kier molecular flexibility index (Phi) is 5.90. The van der Waals surface area contributed by atoms with E-state index in [0.29, 0.717) is 16.6 Å². The molecule has 28 heavy (non-hydrogen) atoms. The Morgan fingerprint density at radius 2 is 1.82 bits per heavy atom. The zero-order chi connectivity index (χ0) is 20.1. The number of aromatic carboxylic acids is 1. The average Bonchev–Trinajstić information content (AvgIpc) is 3.16. The third-order valence-corrected chi connectivity index (χ3v) is 4.84. The summed E-state index contributed by atoms with van der Waals surface area (Å²) in [6, 6.07) is 13.2. The van der Waals surface area contributed by atoms with Gasteiger partial charge < -0.3 is 15.2 Å². The van der Waals surface area contributed by atoms with Crippen LogP contribution in [0.15, 0.2) is 53.7 Å². The number of carbonyl (C=O) groups excluding carboxylic acids is 1. The number of benzene rings is 2. The van der Waals surface area contributed by atoms with E-state index in [1.807, 2.05) is 12.1 Å². The number of rotatable bonds is 7. The number of hydrogen-bond acceptors (Lipinski definition) is 7. The maximum Gasteiger partial charge on any atom is 0.335 e. The fraction of sp³-hybridized carbons (Fsp3) is 0.167. The van der Waals surface area contributed by atoms with Crippen LogP contribution >= 0.6 is 11.8 Å². The number of carbonyl (C=O) groups is 2. The molecule has 0 aliphatic heterocycles. The number of methoxy groups -OCH3 is 1. The van der Waals surface area contributed by atoms with Crippen LogP contribution in [0.1, 0.15) is 17.3 Å². The van der Waals surface area contributed by atoms with Gasteiger partial charge in [0.25, 0.3) is 0 Å². The van der Waals surface area contributed by atoms with Crippen LogP contribution in [0.3, 0.4) is 0 Å². The number of ether oxygens (including phenoxy) is 1. The van der Waals surface area contributed by atoms with Crippen molar-refractivity contribution in [2.45, 2.75) is 17.3 Å². The summed E-state index contributed by atoms with van der Waals surface area (Å²) in [6.07, 6.45) is 0. The first-order valence-corrected chi connectivity index (χ1v) is 9.09. The molecule has 3 rings (SSSR count). The molecule has 0 unspecified atom stereocenters. The molecule has 1 atom stereocenters. The van der Waals surface area contributed by atoms with Crippen LogP contribution in [0.5, 0.6) is 5.75 Å². The highest BCUT2D eigenvalue weighted by Crippen LogP contribution is 2.25. The molecule has 2 aromatic carbocycles. The van der Waals surface area contributed by atoms with Gasteiger partial charge in [0.1, 0.15) is 5.75 Å². The number of carboxylic acid groups (broad SMARTS) is 1. The highest BCUT2D eigenvalue weighted by atomic mass is 32.2. The molecule has 9 nitrogen and oxygen atoms in total. The fourth-order valence-corrected chi connectivity index (χ4v) is 3.10. The highest BCUT2D eigenvalue weighted by molar-refractivity contribution is 8.00. The van der Waals surface area contributed by atoms with E-state index in [1.54, 1.807) is 38.3 Å². The summed E-state index contributed by atoms with van der Waals surface area (Å²) in [4.78, 5) is 23.3. The van der Waals surface area contributed by atoms with Crippen molar-refractivity contribution in [3.05, 3.63) is 54.1 Å². The lowest BCUT2D eigenvalue weighted by Gasteiger charge is -2.12. The SMILES string of the molecule is COc1ccc(-n2nnnc2S[C@H](C)C(=O)Nc2ccc(C(=O)O)cc2)cc1. The molecule has 0 aliphatic carbocycles. The van der Waals surface area contributed by atoms with Gasteiger partial charge >= 0.3 is 5.97 Å². The molecule has 1 heterocycles. The molecule has 0 saturated heterocycles. The number of carboxylic acids is 1. The Balaban J connectivity index is 1.67. The van der Waals surface area contributed by atoms with E-state index >= 15 is 0 Å². The van der Waals surface area contributed by atoms with Crippen molar-refractivity contribution in [2.75, 3.05) is 12.4 Å². The van der Waals surface area contributed by atoms with Crippen LogP contribution in [-0.4, -0.2) is 49.6 Å². The average molecular weight is 399 g/mol. The third-order valence-electron chi connectivity index (χ3n) is 3.81. The summed E-state index contributed by atoms with van der Waals surface area (Å²) < 4.78 is 6.68. The predicted octanol–water partition coefficient (Wildman–Crippen LogP) is 2.49. The molecule has 3 aromatic rings. The van der Waals surface area contributed by atoms with Crippen molar-refractivity contribution < 1.29 is 19.4 Å². The maximum absolute atomic E-state index is 12.4.